The third-order valence-corrected chi connectivity index (χ3v) is 4.84. The summed E-state index contributed by atoms with van der Waals surface area (Å²) in [7, 11) is 1.59. The van der Waals surface area contributed by atoms with Crippen LogP contribution in [0.1, 0.15) is 30.5 Å². The molecule has 2 aromatic carbocycles. The van der Waals surface area contributed by atoms with E-state index in [0.29, 0.717) is 37.5 Å². The number of benzene rings is 2. The molecule has 0 bridgehead atoms. The molecule has 3 rings (SSSR count). The number of ether oxygens (including phenoxy) is 2. The zero-order valence-corrected chi connectivity index (χ0v) is 16.6. The fourth-order valence-corrected chi connectivity index (χ4v) is 3.50. The first-order valence-electron chi connectivity index (χ1n) is 9.64. The fraction of sp³-hybridized carbons (Fsp3) is 0.304. The Labute approximate surface area is 170 Å². The Morgan fingerprint density at radius 1 is 1.07 bits per heavy atom. The first-order chi connectivity index (χ1) is 14.1. The maximum absolute atomic E-state index is 12.9. The zero-order valence-electron chi connectivity index (χ0n) is 16.6. The van der Waals surface area contributed by atoms with Gasteiger partial charge in [-0.05, 0) is 43.2 Å². The highest BCUT2D eigenvalue weighted by Gasteiger charge is 2.45. The Kier molecular flexibility index (Phi) is 6.67. The van der Waals surface area contributed by atoms with Gasteiger partial charge in [0, 0.05) is 25.8 Å². The summed E-state index contributed by atoms with van der Waals surface area (Å²) in [4.78, 5) is 27.1. The van der Waals surface area contributed by atoms with Crippen LogP contribution in [-0.4, -0.2) is 48.6 Å². The van der Waals surface area contributed by atoms with Crippen molar-refractivity contribution in [1.29, 1.82) is 0 Å². The molecule has 152 valence electrons. The van der Waals surface area contributed by atoms with E-state index in [0.717, 1.165) is 5.56 Å². The highest BCUT2D eigenvalue weighted by atomic mass is 16.5. The summed E-state index contributed by atoms with van der Waals surface area (Å²) >= 11 is 0. The van der Waals surface area contributed by atoms with Crippen LogP contribution >= 0.6 is 0 Å². The van der Waals surface area contributed by atoms with E-state index in [9.17, 15) is 14.7 Å². The number of carbonyl (C=O) groups is 2. The summed E-state index contributed by atoms with van der Waals surface area (Å²) in [6.45, 7) is 3.26. The van der Waals surface area contributed by atoms with Crippen LogP contribution in [0.5, 0.6) is 5.75 Å². The van der Waals surface area contributed by atoms with E-state index < -0.39 is 17.7 Å². The van der Waals surface area contributed by atoms with Crippen LogP contribution in [0.15, 0.2) is 60.2 Å². The van der Waals surface area contributed by atoms with Crippen molar-refractivity contribution in [3.8, 4) is 5.75 Å². The molecule has 1 atom stereocenters. The van der Waals surface area contributed by atoms with Gasteiger partial charge < -0.3 is 19.5 Å². The van der Waals surface area contributed by atoms with E-state index in [1.54, 1.807) is 31.4 Å². The van der Waals surface area contributed by atoms with Gasteiger partial charge in [-0.25, -0.2) is 0 Å². The average molecular weight is 395 g/mol. The smallest absolute Gasteiger partial charge is 0.295 e. The first-order valence-corrected chi connectivity index (χ1v) is 9.64. The molecule has 0 saturated carbocycles. The molecule has 1 amide bonds. The van der Waals surface area contributed by atoms with Gasteiger partial charge in [0.1, 0.15) is 11.5 Å². The zero-order chi connectivity index (χ0) is 20.8. The molecule has 0 aromatic heterocycles. The number of hydrogen-bond acceptors (Lipinski definition) is 5. The van der Waals surface area contributed by atoms with Crippen molar-refractivity contribution < 1.29 is 24.2 Å². The van der Waals surface area contributed by atoms with Gasteiger partial charge in [0.05, 0.1) is 18.2 Å². The Balaban J connectivity index is 2.04. The third-order valence-electron chi connectivity index (χ3n) is 4.84. The Morgan fingerprint density at radius 2 is 1.76 bits per heavy atom. The highest BCUT2D eigenvalue weighted by Crippen LogP contribution is 2.39. The summed E-state index contributed by atoms with van der Waals surface area (Å²) in [6.07, 6.45) is 0.593. The second-order valence-electron chi connectivity index (χ2n) is 6.71. The average Bonchev–Trinajstić information content (AvgIpc) is 3.00. The highest BCUT2D eigenvalue weighted by molar-refractivity contribution is 6.46. The second-order valence-corrected chi connectivity index (χ2v) is 6.71. The minimum absolute atomic E-state index is 0.0998. The molecule has 1 unspecified atom stereocenters. The van der Waals surface area contributed by atoms with Crippen molar-refractivity contribution in [2.75, 3.05) is 26.9 Å². The Hall–Kier alpha value is -3.12. The minimum atomic E-state index is -0.678. The lowest BCUT2D eigenvalue weighted by atomic mass is 9.95. The molecule has 6 heteroatoms. The molecular weight excluding hydrogens is 370 g/mol. The lowest BCUT2D eigenvalue weighted by molar-refractivity contribution is -0.140. The fourth-order valence-electron chi connectivity index (χ4n) is 3.50. The SMILES string of the molecule is CCOc1ccc(/C(O)=C2/C(=O)C(=O)N(CCCOC)C2c2ccccc2)cc1. The number of rotatable bonds is 8. The number of hydrogen-bond donors (Lipinski definition) is 1. The lowest BCUT2D eigenvalue weighted by Crippen LogP contribution is -2.31. The normalized spacial score (nSPS) is 18.3. The largest absolute Gasteiger partial charge is 0.507 e. The molecule has 0 radical (unpaired) electrons. The number of likely N-dealkylation sites (tertiary alicyclic amines) is 1. The van der Waals surface area contributed by atoms with Gasteiger partial charge in [-0.2, -0.15) is 0 Å². The van der Waals surface area contributed by atoms with Crippen molar-refractivity contribution in [2.45, 2.75) is 19.4 Å². The molecule has 0 aliphatic carbocycles. The van der Waals surface area contributed by atoms with Crippen LogP contribution in [0.3, 0.4) is 0 Å². The van der Waals surface area contributed by atoms with Gasteiger partial charge in [-0.15, -0.1) is 0 Å². The molecule has 2 aromatic rings. The van der Waals surface area contributed by atoms with Crippen LogP contribution in [0.2, 0.25) is 0 Å². The van der Waals surface area contributed by atoms with Crippen molar-refractivity contribution in [3.05, 3.63) is 71.3 Å². The van der Waals surface area contributed by atoms with E-state index in [1.165, 1.54) is 4.90 Å². The van der Waals surface area contributed by atoms with Crippen molar-refractivity contribution in [2.24, 2.45) is 0 Å². The summed E-state index contributed by atoms with van der Waals surface area (Å²) in [5.74, 6) is -0.803. The van der Waals surface area contributed by atoms with Crippen LogP contribution in [0.4, 0.5) is 0 Å². The standard InChI is InChI=1S/C23H25NO5/c1-3-29-18-12-10-17(11-13-18)21(25)19-20(16-8-5-4-6-9-16)24(14-7-15-28-2)23(27)22(19)26/h4-6,8-13,20,25H,3,7,14-15H2,1-2H3/b21-19-. The summed E-state index contributed by atoms with van der Waals surface area (Å²) in [5.41, 5.74) is 1.34. The van der Waals surface area contributed by atoms with Crippen molar-refractivity contribution in [1.82, 2.24) is 4.90 Å². The van der Waals surface area contributed by atoms with E-state index in [4.69, 9.17) is 9.47 Å². The molecule has 1 aliphatic heterocycles. The van der Waals surface area contributed by atoms with Crippen molar-refractivity contribution in [3.63, 3.8) is 0 Å². The third kappa shape index (κ3) is 4.32. The molecule has 6 nitrogen and oxygen atoms in total. The number of aliphatic hydroxyl groups is 1. The maximum Gasteiger partial charge on any atom is 0.295 e. The van der Waals surface area contributed by atoms with Crippen LogP contribution in [-0.2, 0) is 14.3 Å². The minimum Gasteiger partial charge on any atom is -0.507 e. The Morgan fingerprint density at radius 3 is 2.38 bits per heavy atom. The van der Waals surface area contributed by atoms with E-state index in [-0.39, 0.29) is 11.3 Å². The molecule has 1 fully saturated rings. The van der Waals surface area contributed by atoms with Gasteiger partial charge in [-0.1, -0.05) is 30.3 Å². The van der Waals surface area contributed by atoms with Gasteiger partial charge in [0.15, 0.2) is 0 Å². The summed E-state index contributed by atoms with van der Waals surface area (Å²) in [5, 5.41) is 11.0. The van der Waals surface area contributed by atoms with E-state index >= 15 is 0 Å². The number of nitrogens with zero attached hydrogens (tertiary/aromatic N) is 1. The van der Waals surface area contributed by atoms with Crippen LogP contribution < -0.4 is 4.74 Å². The monoisotopic (exact) mass is 395 g/mol. The number of carbonyl (C=O) groups excluding carboxylic acids is 2. The van der Waals surface area contributed by atoms with Gasteiger partial charge in [0.2, 0.25) is 0 Å². The summed E-state index contributed by atoms with van der Waals surface area (Å²) < 4.78 is 10.5. The molecule has 29 heavy (non-hydrogen) atoms. The maximum atomic E-state index is 12.9. The molecule has 1 N–H and O–H groups in total. The number of amides is 1. The first kappa shape index (κ1) is 20.6. The summed E-state index contributed by atoms with van der Waals surface area (Å²) in [6, 6.07) is 15.4. The predicted molar refractivity (Wildman–Crippen MR) is 110 cm³/mol. The van der Waals surface area contributed by atoms with Crippen LogP contribution in [0, 0.1) is 0 Å². The molecule has 0 spiro atoms. The molecule has 1 aliphatic rings. The molecule has 1 saturated heterocycles. The van der Waals surface area contributed by atoms with Crippen molar-refractivity contribution >= 4 is 17.4 Å². The second kappa shape index (κ2) is 9.39. The van der Waals surface area contributed by atoms with E-state index in [2.05, 4.69) is 0 Å². The molecular formula is C23H25NO5. The topological polar surface area (TPSA) is 76.1 Å². The quantitative estimate of drug-likeness (QED) is 0.320. The van der Waals surface area contributed by atoms with Gasteiger partial charge >= 0.3 is 0 Å². The number of aliphatic hydroxyl groups excluding tert-OH is 1. The lowest BCUT2D eigenvalue weighted by Gasteiger charge is -2.25. The van der Waals surface area contributed by atoms with Gasteiger partial charge in [0.25, 0.3) is 11.7 Å². The van der Waals surface area contributed by atoms with E-state index in [1.807, 2.05) is 37.3 Å². The molecule has 1 heterocycles. The predicted octanol–water partition coefficient (Wildman–Crippen LogP) is 3.54. The number of methoxy groups -OCH3 is 1. The Bertz CT molecular complexity index is 889. The number of Topliss-reactive ketones (excluding diaryl/α,β-unsaturated/α-hetero) is 1. The van der Waals surface area contributed by atoms with Crippen LogP contribution in [0.25, 0.3) is 5.76 Å². The van der Waals surface area contributed by atoms with Gasteiger partial charge in [-0.3, -0.25) is 9.59 Å². The number of ketones is 1.